The average molecular weight is 353 g/mol. The van der Waals surface area contributed by atoms with E-state index >= 15 is 0 Å². The minimum absolute atomic E-state index is 0.0905. The van der Waals surface area contributed by atoms with Crippen LogP contribution in [0.1, 0.15) is 42.4 Å². The maximum absolute atomic E-state index is 12.3. The summed E-state index contributed by atoms with van der Waals surface area (Å²) in [5, 5.41) is 21.6. The van der Waals surface area contributed by atoms with Crippen LogP contribution in [0.5, 0.6) is 0 Å². The van der Waals surface area contributed by atoms with Gasteiger partial charge in [0.1, 0.15) is 12.4 Å². The van der Waals surface area contributed by atoms with Gasteiger partial charge in [-0.2, -0.15) is 0 Å². The van der Waals surface area contributed by atoms with Crippen LogP contribution in [-0.4, -0.2) is 36.8 Å². The number of rotatable bonds is 6. The Balaban J connectivity index is 1.27. The van der Waals surface area contributed by atoms with Gasteiger partial charge in [0, 0.05) is 42.5 Å². The third-order valence-electron chi connectivity index (χ3n) is 5.30. The standard InChI is InChI=1S/C19H23N5O2/c1-24-17(11-25)22-23-19(24)13-8-14(9-13)21-18(26)7-6-12-10-20-16-5-3-2-4-15(12)16/h2-5,10,13-14,20,25H,6-9,11H2,1H3,(H,21,26). The predicted molar refractivity (Wildman–Crippen MR) is 97.5 cm³/mol. The number of benzene rings is 1. The van der Waals surface area contributed by atoms with Crippen molar-refractivity contribution in [2.24, 2.45) is 7.05 Å². The van der Waals surface area contributed by atoms with E-state index in [1.807, 2.05) is 36.0 Å². The summed E-state index contributed by atoms with van der Waals surface area (Å²) in [5.74, 6) is 1.85. The number of nitrogens with zero attached hydrogens (tertiary/aromatic N) is 3. The van der Waals surface area contributed by atoms with E-state index < -0.39 is 0 Å². The highest BCUT2D eigenvalue weighted by atomic mass is 16.3. The van der Waals surface area contributed by atoms with Gasteiger partial charge in [-0.25, -0.2) is 0 Å². The molecule has 1 saturated carbocycles. The number of aliphatic hydroxyl groups is 1. The monoisotopic (exact) mass is 353 g/mol. The number of carbonyl (C=O) groups is 1. The van der Waals surface area contributed by atoms with Crippen LogP contribution in [-0.2, 0) is 24.9 Å². The summed E-state index contributed by atoms with van der Waals surface area (Å²) in [6.07, 6.45) is 4.95. The van der Waals surface area contributed by atoms with Crippen molar-refractivity contribution in [3.05, 3.63) is 47.7 Å². The van der Waals surface area contributed by atoms with Crippen LogP contribution in [0.4, 0.5) is 0 Å². The van der Waals surface area contributed by atoms with Gasteiger partial charge in [-0.05, 0) is 30.9 Å². The van der Waals surface area contributed by atoms with Gasteiger partial charge in [-0.1, -0.05) is 18.2 Å². The zero-order chi connectivity index (χ0) is 18.1. The Morgan fingerprint density at radius 3 is 2.92 bits per heavy atom. The van der Waals surface area contributed by atoms with Crippen LogP contribution < -0.4 is 5.32 Å². The first-order valence-corrected chi connectivity index (χ1v) is 8.99. The third kappa shape index (κ3) is 3.10. The highest BCUT2D eigenvalue weighted by molar-refractivity contribution is 5.84. The lowest BCUT2D eigenvalue weighted by Crippen LogP contribution is -2.44. The number of aryl methyl sites for hydroxylation is 1. The van der Waals surface area contributed by atoms with Crippen molar-refractivity contribution in [3.8, 4) is 0 Å². The number of H-pyrrole nitrogens is 1. The van der Waals surface area contributed by atoms with E-state index in [0.717, 1.165) is 30.6 Å². The lowest BCUT2D eigenvalue weighted by molar-refractivity contribution is -0.122. The molecule has 0 aliphatic heterocycles. The van der Waals surface area contributed by atoms with Crippen LogP contribution >= 0.6 is 0 Å². The lowest BCUT2D eigenvalue weighted by atomic mass is 9.79. The number of hydrogen-bond acceptors (Lipinski definition) is 4. The SMILES string of the molecule is Cn1c(CO)nnc1C1CC(NC(=O)CCc2c[nH]c3ccccc23)C1. The molecule has 2 aromatic heterocycles. The van der Waals surface area contributed by atoms with Crippen molar-refractivity contribution in [3.63, 3.8) is 0 Å². The van der Waals surface area contributed by atoms with Crippen molar-refractivity contribution in [2.75, 3.05) is 0 Å². The smallest absolute Gasteiger partial charge is 0.220 e. The van der Waals surface area contributed by atoms with Crippen LogP contribution in [0, 0.1) is 0 Å². The second kappa shape index (κ2) is 6.92. The molecule has 0 unspecified atom stereocenters. The van der Waals surface area contributed by atoms with E-state index in [1.54, 1.807) is 0 Å². The van der Waals surface area contributed by atoms with Crippen LogP contribution in [0.3, 0.4) is 0 Å². The molecular formula is C19H23N5O2. The third-order valence-corrected chi connectivity index (χ3v) is 5.30. The molecule has 3 N–H and O–H groups in total. The minimum atomic E-state index is -0.107. The summed E-state index contributed by atoms with van der Waals surface area (Å²) in [4.78, 5) is 15.5. The number of carbonyl (C=O) groups excluding carboxylic acids is 1. The van der Waals surface area contributed by atoms with Crippen molar-refractivity contribution < 1.29 is 9.90 Å². The van der Waals surface area contributed by atoms with Crippen LogP contribution in [0.2, 0.25) is 0 Å². The lowest BCUT2D eigenvalue weighted by Gasteiger charge is -2.35. The highest BCUT2D eigenvalue weighted by Crippen LogP contribution is 2.35. The Morgan fingerprint density at radius 1 is 1.35 bits per heavy atom. The zero-order valence-corrected chi connectivity index (χ0v) is 14.8. The number of fused-ring (bicyclic) bond motifs is 1. The van der Waals surface area contributed by atoms with Gasteiger partial charge in [-0.15, -0.1) is 10.2 Å². The Hall–Kier alpha value is -2.67. The van der Waals surface area contributed by atoms with E-state index in [1.165, 1.54) is 10.9 Å². The van der Waals surface area contributed by atoms with Gasteiger partial charge < -0.3 is 20.0 Å². The molecule has 2 heterocycles. The molecule has 136 valence electrons. The molecule has 1 aromatic carbocycles. The number of amides is 1. The Labute approximate surface area is 151 Å². The average Bonchev–Trinajstić information content (AvgIpc) is 3.19. The summed E-state index contributed by atoms with van der Waals surface area (Å²) < 4.78 is 1.85. The van der Waals surface area contributed by atoms with E-state index in [2.05, 4.69) is 26.6 Å². The van der Waals surface area contributed by atoms with Crippen molar-refractivity contribution in [1.29, 1.82) is 0 Å². The van der Waals surface area contributed by atoms with E-state index in [0.29, 0.717) is 18.2 Å². The minimum Gasteiger partial charge on any atom is -0.388 e. The molecule has 1 amide bonds. The van der Waals surface area contributed by atoms with Crippen LogP contribution in [0.15, 0.2) is 30.5 Å². The second-order valence-corrected chi connectivity index (χ2v) is 6.98. The van der Waals surface area contributed by atoms with E-state index in [4.69, 9.17) is 0 Å². The summed E-state index contributed by atoms with van der Waals surface area (Å²) in [5.41, 5.74) is 2.29. The number of hydrogen-bond donors (Lipinski definition) is 3. The first-order valence-electron chi connectivity index (χ1n) is 8.99. The van der Waals surface area contributed by atoms with E-state index in [9.17, 15) is 9.90 Å². The zero-order valence-electron chi connectivity index (χ0n) is 14.8. The normalized spacial score (nSPS) is 19.5. The first-order chi connectivity index (χ1) is 12.7. The van der Waals surface area contributed by atoms with Crippen LogP contribution in [0.25, 0.3) is 10.9 Å². The fourth-order valence-electron chi connectivity index (χ4n) is 3.70. The molecule has 3 aromatic rings. The maximum Gasteiger partial charge on any atom is 0.220 e. The molecule has 1 aliphatic carbocycles. The summed E-state index contributed by atoms with van der Waals surface area (Å²) in [7, 11) is 1.87. The van der Waals surface area contributed by atoms with Gasteiger partial charge in [0.15, 0.2) is 5.82 Å². The molecule has 7 heteroatoms. The van der Waals surface area contributed by atoms with Gasteiger partial charge in [-0.3, -0.25) is 4.79 Å². The molecule has 0 radical (unpaired) electrons. The van der Waals surface area contributed by atoms with Gasteiger partial charge in [0.25, 0.3) is 0 Å². The molecule has 7 nitrogen and oxygen atoms in total. The quantitative estimate of drug-likeness (QED) is 0.629. The molecule has 1 aliphatic rings. The van der Waals surface area contributed by atoms with Crippen molar-refractivity contribution >= 4 is 16.8 Å². The molecule has 0 spiro atoms. The molecule has 4 rings (SSSR count). The number of para-hydroxylation sites is 1. The maximum atomic E-state index is 12.3. The Bertz CT molecular complexity index is 923. The summed E-state index contributed by atoms with van der Waals surface area (Å²) in [6.45, 7) is -0.107. The second-order valence-electron chi connectivity index (χ2n) is 6.98. The number of aromatic amines is 1. The topological polar surface area (TPSA) is 95.8 Å². The molecule has 0 atom stereocenters. The number of aromatic nitrogens is 4. The Kier molecular flexibility index (Phi) is 4.46. The van der Waals surface area contributed by atoms with Crippen molar-refractivity contribution in [1.82, 2.24) is 25.1 Å². The molecule has 0 saturated heterocycles. The highest BCUT2D eigenvalue weighted by Gasteiger charge is 2.34. The van der Waals surface area contributed by atoms with Gasteiger partial charge in [0.05, 0.1) is 0 Å². The largest absolute Gasteiger partial charge is 0.388 e. The van der Waals surface area contributed by atoms with Gasteiger partial charge in [0.2, 0.25) is 5.91 Å². The Morgan fingerprint density at radius 2 is 2.15 bits per heavy atom. The number of aliphatic hydroxyl groups excluding tert-OH is 1. The van der Waals surface area contributed by atoms with E-state index in [-0.39, 0.29) is 18.6 Å². The molecule has 0 bridgehead atoms. The number of nitrogens with one attached hydrogen (secondary N) is 2. The molecule has 1 fully saturated rings. The fourth-order valence-corrected chi connectivity index (χ4v) is 3.70. The fraction of sp³-hybridized carbons (Fsp3) is 0.421. The molecular weight excluding hydrogens is 330 g/mol. The molecule has 26 heavy (non-hydrogen) atoms. The summed E-state index contributed by atoms with van der Waals surface area (Å²) in [6, 6.07) is 8.34. The first kappa shape index (κ1) is 16.8. The van der Waals surface area contributed by atoms with Crippen molar-refractivity contribution in [2.45, 2.75) is 44.2 Å². The predicted octanol–water partition coefficient (Wildman–Crippen LogP) is 1.78. The summed E-state index contributed by atoms with van der Waals surface area (Å²) >= 11 is 0. The van der Waals surface area contributed by atoms with Gasteiger partial charge >= 0.3 is 0 Å².